The standard InChI is InChI=1S/C36H35ClN6O4/c1-36(2,3)47-35(46)43-27-14-23(27)16-29(43)32-38-24-9-8-20(12-25(24)39-32)18-4-5-19-11-21(7-6-17(19)10-18)30-31(37)41-33(40-30)28-15-22-13-26(22)42(28)34(44)45/h4-12,22-23,26-29H,13-16H2,1-3H3,(H,38,39)(H,40,41)(H,44,45)/t22-,23+,26-,27-,28+,29+/m1/s1. The Balaban J connectivity index is 0.972. The van der Waals surface area contributed by atoms with E-state index in [9.17, 15) is 14.7 Å². The number of benzene rings is 3. The second-order valence-corrected chi connectivity index (χ2v) is 15.0. The first-order valence-corrected chi connectivity index (χ1v) is 16.7. The van der Waals surface area contributed by atoms with E-state index in [1.807, 2.05) is 31.7 Å². The molecule has 2 saturated carbocycles. The van der Waals surface area contributed by atoms with E-state index in [-0.39, 0.29) is 30.3 Å². The largest absolute Gasteiger partial charge is 0.465 e. The minimum atomic E-state index is -0.905. The molecule has 2 aliphatic heterocycles. The number of carbonyl (C=O) groups excluding carboxylic acids is 1. The Kier molecular flexibility index (Phi) is 6.07. The average molecular weight is 651 g/mol. The number of likely N-dealkylation sites (tertiary alicyclic amines) is 2. The summed E-state index contributed by atoms with van der Waals surface area (Å²) in [6.07, 6.45) is 2.47. The highest BCUT2D eigenvalue weighted by Crippen LogP contribution is 2.54. The maximum absolute atomic E-state index is 13.1. The van der Waals surface area contributed by atoms with Crippen LogP contribution in [0.5, 0.6) is 0 Å². The van der Waals surface area contributed by atoms with Gasteiger partial charge in [0, 0.05) is 17.6 Å². The van der Waals surface area contributed by atoms with E-state index in [4.69, 9.17) is 26.3 Å². The van der Waals surface area contributed by atoms with Crippen molar-refractivity contribution in [2.24, 2.45) is 11.8 Å². The number of hydrogen-bond acceptors (Lipinski definition) is 5. The van der Waals surface area contributed by atoms with Gasteiger partial charge in [-0.3, -0.25) is 9.80 Å². The van der Waals surface area contributed by atoms with Crippen molar-refractivity contribution >= 4 is 45.6 Å². The molecule has 9 rings (SSSR count). The van der Waals surface area contributed by atoms with Gasteiger partial charge in [-0.1, -0.05) is 41.9 Å². The smallest absolute Gasteiger partial charge is 0.411 e. The SMILES string of the molecule is CC(C)(C)OC(=O)N1[C@@H]2C[C@H]2C[C@H]1c1nc2cc(-c3ccc4cc(-c5nc([C@@H]6C[C@H]7C[C@H]7N6C(=O)O)[nH]c5Cl)ccc4c3)ccc2[nH]1. The summed E-state index contributed by atoms with van der Waals surface area (Å²) in [6, 6.07) is 18.7. The highest BCUT2D eigenvalue weighted by atomic mass is 35.5. The zero-order chi connectivity index (χ0) is 32.4. The van der Waals surface area contributed by atoms with Gasteiger partial charge in [-0.15, -0.1) is 0 Å². The Labute approximate surface area is 276 Å². The first-order valence-electron chi connectivity index (χ1n) is 16.3. The van der Waals surface area contributed by atoms with Gasteiger partial charge in [-0.05, 0) is 104 Å². The van der Waals surface area contributed by atoms with E-state index in [0.29, 0.717) is 28.5 Å². The number of carboxylic acid groups (broad SMARTS) is 1. The molecule has 2 saturated heterocycles. The third kappa shape index (κ3) is 4.83. The summed E-state index contributed by atoms with van der Waals surface area (Å²) in [4.78, 5) is 44.8. The lowest BCUT2D eigenvalue weighted by Crippen LogP contribution is -2.38. The minimum Gasteiger partial charge on any atom is -0.465 e. The number of nitrogens with one attached hydrogen (secondary N) is 2. The lowest BCUT2D eigenvalue weighted by atomic mass is 9.99. The maximum Gasteiger partial charge on any atom is 0.411 e. The summed E-state index contributed by atoms with van der Waals surface area (Å²) >= 11 is 6.62. The van der Waals surface area contributed by atoms with Gasteiger partial charge in [0.15, 0.2) is 0 Å². The number of nitrogens with zero attached hydrogens (tertiary/aromatic N) is 4. The van der Waals surface area contributed by atoms with Crippen molar-refractivity contribution in [1.29, 1.82) is 0 Å². The van der Waals surface area contributed by atoms with E-state index < -0.39 is 11.7 Å². The minimum absolute atomic E-state index is 0.0998. The number of H-pyrrole nitrogens is 2. The Hall–Kier alpha value is -4.57. The molecule has 11 heteroatoms. The molecule has 5 aromatic rings. The molecule has 2 aliphatic carbocycles. The number of fused-ring (bicyclic) bond motifs is 4. The molecule has 4 fully saturated rings. The normalized spacial score (nSPS) is 26.1. The highest BCUT2D eigenvalue weighted by molar-refractivity contribution is 6.32. The predicted molar refractivity (Wildman–Crippen MR) is 178 cm³/mol. The highest BCUT2D eigenvalue weighted by Gasteiger charge is 2.57. The van der Waals surface area contributed by atoms with Crippen LogP contribution in [0, 0.1) is 11.8 Å². The fraction of sp³-hybridized carbons (Fsp3) is 0.389. The third-order valence-corrected chi connectivity index (χ3v) is 10.6. The number of amides is 2. The van der Waals surface area contributed by atoms with Crippen molar-refractivity contribution in [3.05, 3.63) is 71.4 Å². The molecule has 0 radical (unpaired) electrons. The van der Waals surface area contributed by atoms with E-state index in [1.54, 1.807) is 0 Å². The first kappa shape index (κ1) is 28.6. The molecule has 6 atom stereocenters. The van der Waals surface area contributed by atoms with Crippen molar-refractivity contribution in [3.63, 3.8) is 0 Å². The van der Waals surface area contributed by atoms with E-state index in [1.165, 1.54) is 4.90 Å². The van der Waals surface area contributed by atoms with Gasteiger partial charge in [0.25, 0.3) is 0 Å². The molecule has 3 N–H and O–H groups in total. The van der Waals surface area contributed by atoms with Crippen molar-refractivity contribution in [2.75, 3.05) is 0 Å². The van der Waals surface area contributed by atoms with Crippen LogP contribution in [-0.2, 0) is 4.74 Å². The van der Waals surface area contributed by atoms with Crippen molar-refractivity contribution in [1.82, 2.24) is 29.7 Å². The lowest BCUT2D eigenvalue weighted by Gasteiger charge is -2.29. The second kappa shape index (κ2) is 9.97. The zero-order valence-electron chi connectivity index (χ0n) is 26.3. The molecule has 4 heterocycles. The number of rotatable bonds is 4. The van der Waals surface area contributed by atoms with Crippen LogP contribution in [0.2, 0.25) is 5.15 Å². The molecule has 2 amide bonds. The van der Waals surface area contributed by atoms with Crippen molar-refractivity contribution < 1.29 is 19.4 Å². The summed E-state index contributed by atoms with van der Waals surface area (Å²) in [5, 5.41) is 12.3. The number of halogens is 1. The molecule has 4 aliphatic rings. The number of ether oxygens (including phenoxy) is 1. The van der Waals surface area contributed by atoms with Crippen LogP contribution in [0.4, 0.5) is 9.59 Å². The van der Waals surface area contributed by atoms with Gasteiger partial charge in [0.05, 0.1) is 23.1 Å². The molecular formula is C36H35ClN6O4. The topological polar surface area (TPSA) is 127 Å². The Morgan fingerprint density at radius 2 is 1.40 bits per heavy atom. The number of imidazole rings is 2. The summed E-state index contributed by atoms with van der Waals surface area (Å²) in [5.41, 5.74) is 4.88. The van der Waals surface area contributed by atoms with Crippen molar-refractivity contribution in [3.8, 4) is 22.4 Å². The van der Waals surface area contributed by atoms with Crippen LogP contribution < -0.4 is 0 Å². The van der Waals surface area contributed by atoms with Gasteiger partial charge < -0.3 is 19.8 Å². The molecule has 10 nitrogen and oxygen atoms in total. The molecule has 0 spiro atoms. The summed E-state index contributed by atoms with van der Waals surface area (Å²) in [5.74, 6) is 2.35. The molecular weight excluding hydrogens is 616 g/mol. The number of aromatic nitrogens is 4. The monoisotopic (exact) mass is 650 g/mol. The lowest BCUT2D eigenvalue weighted by molar-refractivity contribution is 0.0175. The fourth-order valence-corrected chi connectivity index (χ4v) is 8.16. The summed E-state index contributed by atoms with van der Waals surface area (Å²) in [7, 11) is 0. The fourth-order valence-electron chi connectivity index (χ4n) is 7.91. The molecule has 47 heavy (non-hydrogen) atoms. The van der Waals surface area contributed by atoms with Crippen LogP contribution in [0.3, 0.4) is 0 Å². The van der Waals surface area contributed by atoms with Gasteiger partial charge in [0.1, 0.15) is 28.1 Å². The van der Waals surface area contributed by atoms with Crippen LogP contribution in [0.1, 0.15) is 70.2 Å². The van der Waals surface area contributed by atoms with Crippen LogP contribution in [-0.4, -0.2) is 64.7 Å². The van der Waals surface area contributed by atoms with Crippen molar-refractivity contribution in [2.45, 2.75) is 76.2 Å². The molecule has 3 aromatic carbocycles. The van der Waals surface area contributed by atoms with E-state index in [0.717, 1.165) is 70.0 Å². The Bertz CT molecular complexity index is 2120. The number of aromatic amines is 2. The summed E-state index contributed by atoms with van der Waals surface area (Å²) in [6.45, 7) is 5.69. The Morgan fingerprint density at radius 3 is 2.11 bits per heavy atom. The van der Waals surface area contributed by atoms with Crippen LogP contribution in [0.25, 0.3) is 44.2 Å². The second-order valence-electron chi connectivity index (χ2n) is 14.6. The van der Waals surface area contributed by atoms with Gasteiger partial charge in [0.2, 0.25) is 0 Å². The van der Waals surface area contributed by atoms with Gasteiger partial charge >= 0.3 is 12.2 Å². The summed E-state index contributed by atoms with van der Waals surface area (Å²) < 4.78 is 5.75. The first-order chi connectivity index (χ1) is 22.5. The molecule has 2 aromatic heterocycles. The molecule has 0 bridgehead atoms. The quantitative estimate of drug-likeness (QED) is 0.179. The predicted octanol–water partition coefficient (Wildman–Crippen LogP) is 8.31. The maximum atomic E-state index is 13.1. The van der Waals surface area contributed by atoms with Crippen LogP contribution >= 0.6 is 11.6 Å². The van der Waals surface area contributed by atoms with E-state index in [2.05, 4.69) is 58.5 Å². The average Bonchev–Trinajstić information content (AvgIpc) is 3.70. The molecule has 240 valence electrons. The number of hydrogen-bond donors (Lipinski definition) is 3. The zero-order valence-corrected chi connectivity index (χ0v) is 27.1. The Morgan fingerprint density at radius 1 is 0.809 bits per heavy atom. The van der Waals surface area contributed by atoms with Gasteiger partial charge in [-0.25, -0.2) is 19.6 Å². The number of carbonyl (C=O) groups is 2. The third-order valence-electron chi connectivity index (χ3n) is 10.3. The molecule has 0 unspecified atom stereocenters. The van der Waals surface area contributed by atoms with E-state index >= 15 is 0 Å². The number of piperidine rings is 2. The van der Waals surface area contributed by atoms with Crippen LogP contribution in [0.15, 0.2) is 54.6 Å². The van der Waals surface area contributed by atoms with Gasteiger partial charge in [-0.2, -0.15) is 0 Å².